The lowest BCUT2D eigenvalue weighted by molar-refractivity contribution is -0.119. The summed E-state index contributed by atoms with van der Waals surface area (Å²) in [5, 5.41) is 3.07. The van der Waals surface area contributed by atoms with Crippen LogP contribution in [0.5, 0.6) is 0 Å². The van der Waals surface area contributed by atoms with Gasteiger partial charge in [0, 0.05) is 27.1 Å². The molecule has 0 saturated carbocycles. The summed E-state index contributed by atoms with van der Waals surface area (Å²) in [6, 6.07) is 10.8. The van der Waals surface area contributed by atoms with Crippen molar-refractivity contribution in [3.63, 3.8) is 0 Å². The van der Waals surface area contributed by atoms with E-state index in [9.17, 15) is 24.0 Å². The molecule has 0 saturated heterocycles. The van der Waals surface area contributed by atoms with Crippen LogP contribution in [0, 0.1) is 5.92 Å². The van der Waals surface area contributed by atoms with Crippen molar-refractivity contribution in [2.45, 2.75) is 33.1 Å². The molecule has 1 amide bonds. The highest BCUT2D eigenvalue weighted by Crippen LogP contribution is 2.40. The Hall–Kier alpha value is -4.11. The highest BCUT2D eigenvalue weighted by atomic mass is 32.1. The summed E-state index contributed by atoms with van der Waals surface area (Å²) in [7, 11) is 0. The summed E-state index contributed by atoms with van der Waals surface area (Å²) in [5.74, 6) is -2.37. The van der Waals surface area contributed by atoms with Gasteiger partial charge in [0.15, 0.2) is 18.2 Å². The number of rotatable bonds is 6. The first-order chi connectivity index (χ1) is 18.3. The molecule has 0 bridgehead atoms. The molecule has 2 aliphatic rings. The first-order valence-corrected chi connectivity index (χ1v) is 13.2. The normalized spacial score (nSPS) is 15.7. The Bertz CT molecular complexity index is 1500. The summed E-state index contributed by atoms with van der Waals surface area (Å²) in [4.78, 5) is 65.5. The Kier molecular flexibility index (Phi) is 6.94. The number of thiophene rings is 1. The van der Waals surface area contributed by atoms with Crippen LogP contribution < -0.4 is 5.32 Å². The van der Waals surface area contributed by atoms with Gasteiger partial charge in [0.2, 0.25) is 0 Å². The minimum atomic E-state index is -0.901. The van der Waals surface area contributed by atoms with Crippen LogP contribution in [-0.2, 0) is 27.1 Å². The van der Waals surface area contributed by atoms with Gasteiger partial charge in [-0.1, -0.05) is 43.3 Å². The third kappa shape index (κ3) is 4.54. The predicted octanol–water partition coefficient (Wildman–Crippen LogP) is 4.62. The van der Waals surface area contributed by atoms with Crippen LogP contribution in [-0.4, -0.2) is 42.6 Å². The lowest BCUT2D eigenvalue weighted by atomic mass is 9.82. The summed E-state index contributed by atoms with van der Waals surface area (Å²) in [5.41, 5.74) is 1.75. The van der Waals surface area contributed by atoms with E-state index >= 15 is 0 Å². The maximum absolute atomic E-state index is 13.2. The molecule has 194 valence electrons. The van der Waals surface area contributed by atoms with Gasteiger partial charge >= 0.3 is 11.9 Å². The summed E-state index contributed by atoms with van der Waals surface area (Å²) in [6.45, 7) is 3.43. The highest BCUT2D eigenvalue weighted by molar-refractivity contribution is 7.17. The Morgan fingerprint density at radius 1 is 0.947 bits per heavy atom. The van der Waals surface area contributed by atoms with E-state index in [0.717, 1.165) is 29.7 Å². The van der Waals surface area contributed by atoms with Crippen LogP contribution >= 0.6 is 11.3 Å². The molecule has 1 aromatic heterocycles. The number of fused-ring (bicyclic) bond motifs is 3. The minimum Gasteiger partial charge on any atom is -0.462 e. The van der Waals surface area contributed by atoms with Crippen LogP contribution in [0.3, 0.4) is 0 Å². The van der Waals surface area contributed by atoms with Gasteiger partial charge in [-0.25, -0.2) is 9.59 Å². The number of hydrogen-bond acceptors (Lipinski definition) is 8. The third-order valence-corrected chi connectivity index (χ3v) is 7.92. The number of benzene rings is 2. The van der Waals surface area contributed by atoms with E-state index in [4.69, 9.17) is 9.47 Å². The van der Waals surface area contributed by atoms with Crippen molar-refractivity contribution in [1.29, 1.82) is 0 Å². The first-order valence-electron chi connectivity index (χ1n) is 12.4. The number of anilines is 1. The van der Waals surface area contributed by atoms with Gasteiger partial charge in [-0.15, -0.1) is 11.3 Å². The molecule has 0 fully saturated rings. The van der Waals surface area contributed by atoms with Crippen molar-refractivity contribution < 1.29 is 33.4 Å². The van der Waals surface area contributed by atoms with E-state index in [2.05, 4.69) is 12.2 Å². The van der Waals surface area contributed by atoms with E-state index in [0.29, 0.717) is 16.5 Å². The van der Waals surface area contributed by atoms with Gasteiger partial charge in [0.25, 0.3) is 5.91 Å². The van der Waals surface area contributed by atoms with Gasteiger partial charge in [-0.05, 0) is 43.7 Å². The highest BCUT2D eigenvalue weighted by Gasteiger charge is 2.34. The fourth-order valence-corrected chi connectivity index (χ4v) is 6.36. The number of carbonyl (C=O) groups excluding carboxylic acids is 5. The molecule has 1 heterocycles. The molecule has 1 atom stereocenters. The Balaban J connectivity index is 1.34. The zero-order valence-corrected chi connectivity index (χ0v) is 21.7. The molecule has 8 nitrogen and oxygen atoms in total. The second-order valence-electron chi connectivity index (χ2n) is 9.33. The van der Waals surface area contributed by atoms with Gasteiger partial charge in [0.1, 0.15) is 5.00 Å². The Morgan fingerprint density at radius 3 is 2.39 bits per heavy atom. The summed E-state index contributed by atoms with van der Waals surface area (Å²) in [6.07, 6.45) is 2.47. The smallest absolute Gasteiger partial charge is 0.341 e. The summed E-state index contributed by atoms with van der Waals surface area (Å²) >= 11 is 1.34. The van der Waals surface area contributed by atoms with Crippen molar-refractivity contribution >= 4 is 45.8 Å². The molecule has 3 aromatic rings. The molecule has 0 unspecified atom stereocenters. The minimum absolute atomic E-state index is 0.0359. The SMILES string of the molecule is CCOC(=O)c1c(NC(=O)COC(=O)c2cccc3c2C(=O)c2ccccc2C3=O)sc2c1CC[C@@H](C)C2. The Morgan fingerprint density at radius 2 is 1.66 bits per heavy atom. The number of esters is 2. The first kappa shape index (κ1) is 25.5. The average molecular weight is 532 g/mol. The van der Waals surface area contributed by atoms with E-state index in [-0.39, 0.29) is 40.2 Å². The van der Waals surface area contributed by atoms with Crippen LogP contribution in [0.4, 0.5) is 5.00 Å². The van der Waals surface area contributed by atoms with Crippen molar-refractivity contribution in [1.82, 2.24) is 0 Å². The number of carbonyl (C=O) groups is 5. The van der Waals surface area contributed by atoms with Crippen LogP contribution in [0.2, 0.25) is 0 Å². The third-order valence-electron chi connectivity index (χ3n) is 6.75. The average Bonchev–Trinajstić information content (AvgIpc) is 3.26. The molecule has 5 rings (SSSR count). The van der Waals surface area contributed by atoms with Gasteiger partial charge < -0.3 is 14.8 Å². The van der Waals surface area contributed by atoms with E-state index in [1.807, 2.05) is 0 Å². The second-order valence-corrected chi connectivity index (χ2v) is 10.4. The van der Waals surface area contributed by atoms with Crippen LogP contribution in [0.1, 0.15) is 83.3 Å². The number of amides is 1. The van der Waals surface area contributed by atoms with Crippen molar-refractivity contribution in [3.05, 3.63) is 86.3 Å². The lowest BCUT2D eigenvalue weighted by Gasteiger charge is -2.19. The molecule has 0 aliphatic heterocycles. The maximum Gasteiger partial charge on any atom is 0.341 e. The number of ether oxygens (including phenoxy) is 2. The van der Waals surface area contributed by atoms with E-state index < -0.39 is 30.2 Å². The van der Waals surface area contributed by atoms with Gasteiger partial charge in [-0.2, -0.15) is 0 Å². The van der Waals surface area contributed by atoms with Crippen LogP contribution in [0.25, 0.3) is 0 Å². The molecule has 2 aromatic carbocycles. The fourth-order valence-electron chi connectivity index (χ4n) is 4.94. The molecule has 0 radical (unpaired) electrons. The molecule has 38 heavy (non-hydrogen) atoms. The van der Waals surface area contributed by atoms with Gasteiger partial charge in [0.05, 0.1) is 17.7 Å². The van der Waals surface area contributed by atoms with Gasteiger partial charge in [-0.3, -0.25) is 14.4 Å². The largest absolute Gasteiger partial charge is 0.462 e. The number of ketones is 2. The zero-order chi connectivity index (χ0) is 27.0. The predicted molar refractivity (Wildman–Crippen MR) is 140 cm³/mol. The number of hydrogen-bond donors (Lipinski definition) is 1. The molecule has 9 heteroatoms. The molecular formula is C29H25NO7S. The maximum atomic E-state index is 13.2. The second kappa shape index (κ2) is 10.3. The standard InChI is InChI=1S/C29H25NO7S/c1-3-36-29(35)24-18-12-11-15(2)13-21(18)38-27(24)30-22(31)14-37-28(34)20-10-6-9-19-23(20)26(33)17-8-5-4-7-16(17)25(19)32/h4-10,15H,3,11-14H2,1-2H3,(H,30,31)/t15-/m1/s1. The van der Waals surface area contributed by atoms with Crippen LogP contribution in [0.15, 0.2) is 42.5 Å². The lowest BCUT2D eigenvalue weighted by Crippen LogP contribution is -2.26. The fraction of sp³-hybridized carbons (Fsp3) is 0.276. The molecule has 0 spiro atoms. The van der Waals surface area contributed by atoms with Crippen molar-refractivity contribution in [2.75, 3.05) is 18.5 Å². The molecule has 1 N–H and O–H groups in total. The summed E-state index contributed by atoms with van der Waals surface area (Å²) < 4.78 is 10.5. The topological polar surface area (TPSA) is 116 Å². The molecule has 2 aliphatic carbocycles. The van der Waals surface area contributed by atoms with Crippen molar-refractivity contribution in [2.24, 2.45) is 5.92 Å². The van der Waals surface area contributed by atoms with E-state index in [1.165, 1.54) is 35.6 Å². The number of nitrogens with one attached hydrogen (secondary N) is 1. The monoisotopic (exact) mass is 531 g/mol. The van der Waals surface area contributed by atoms with E-state index in [1.54, 1.807) is 25.1 Å². The molecular weight excluding hydrogens is 506 g/mol. The van der Waals surface area contributed by atoms with Crippen molar-refractivity contribution in [3.8, 4) is 0 Å². The quantitative estimate of drug-likeness (QED) is 0.361. The zero-order valence-electron chi connectivity index (χ0n) is 20.9. The Labute approximate surface area is 223 Å².